The van der Waals surface area contributed by atoms with Gasteiger partial charge in [-0.2, -0.15) is 0 Å². The fourth-order valence-electron chi connectivity index (χ4n) is 2.16. The molecule has 106 valence electrons. The predicted octanol–water partition coefficient (Wildman–Crippen LogP) is 3.70. The lowest BCUT2D eigenvalue weighted by molar-refractivity contribution is -0.385. The van der Waals surface area contributed by atoms with Crippen molar-refractivity contribution in [3.63, 3.8) is 0 Å². The third-order valence-electron chi connectivity index (χ3n) is 3.32. The summed E-state index contributed by atoms with van der Waals surface area (Å²) < 4.78 is 0. The predicted molar refractivity (Wildman–Crippen MR) is 78.4 cm³/mol. The van der Waals surface area contributed by atoms with Gasteiger partial charge in [-0.3, -0.25) is 10.1 Å². The summed E-state index contributed by atoms with van der Waals surface area (Å²) in [5.41, 5.74) is 1.03. The second-order valence-corrected chi connectivity index (χ2v) is 4.99. The van der Waals surface area contributed by atoms with Gasteiger partial charge in [0.15, 0.2) is 0 Å². The third kappa shape index (κ3) is 5.83. The molecule has 0 aromatic heterocycles. The SMILES string of the molecule is CCCCCC(C)NCCc1ccccc1[N+](=O)[O-]. The molecule has 0 amide bonds. The Morgan fingerprint density at radius 1 is 1.32 bits per heavy atom. The van der Waals surface area contributed by atoms with Gasteiger partial charge in [-0.25, -0.2) is 0 Å². The lowest BCUT2D eigenvalue weighted by Gasteiger charge is -2.13. The fourth-order valence-corrected chi connectivity index (χ4v) is 2.16. The van der Waals surface area contributed by atoms with Crippen LogP contribution >= 0.6 is 0 Å². The Bertz CT molecular complexity index is 393. The second-order valence-electron chi connectivity index (χ2n) is 4.99. The van der Waals surface area contributed by atoms with Crippen LogP contribution in [0.4, 0.5) is 5.69 Å². The van der Waals surface area contributed by atoms with Gasteiger partial charge >= 0.3 is 0 Å². The number of unbranched alkanes of at least 4 members (excludes halogenated alkanes) is 2. The van der Waals surface area contributed by atoms with E-state index >= 15 is 0 Å². The van der Waals surface area contributed by atoms with Crippen molar-refractivity contribution < 1.29 is 4.92 Å². The van der Waals surface area contributed by atoms with E-state index in [1.54, 1.807) is 12.1 Å². The molecule has 1 N–H and O–H groups in total. The first-order valence-electron chi connectivity index (χ1n) is 7.10. The van der Waals surface area contributed by atoms with Gasteiger partial charge in [-0.1, -0.05) is 44.4 Å². The molecule has 0 fully saturated rings. The van der Waals surface area contributed by atoms with Crippen LogP contribution in [0.2, 0.25) is 0 Å². The number of nitro benzene ring substituents is 1. The van der Waals surface area contributed by atoms with Crippen molar-refractivity contribution in [2.24, 2.45) is 0 Å². The molecule has 0 spiro atoms. The number of nitro groups is 1. The quantitative estimate of drug-likeness (QED) is 0.420. The Hall–Kier alpha value is -1.42. The van der Waals surface area contributed by atoms with Crippen molar-refractivity contribution in [1.29, 1.82) is 0 Å². The van der Waals surface area contributed by atoms with Crippen molar-refractivity contribution in [1.82, 2.24) is 5.32 Å². The maximum absolute atomic E-state index is 10.9. The molecule has 0 radical (unpaired) electrons. The standard InChI is InChI=1S/C15H24N2O2/c1-3-4-5-8-13(2)16-12-11-14-9-6-7-10-15(14)17(18)19/h6-7,9-10,13,16H,3-5,8,11-12H2,1-2H3. The first-order valence-corrected chi connectivity index (χ1v) is 7.10. The summed E-state index contributed by atoms with van der Waals surface area (Å²) in [6.07, 6.45) is 5.63. The van der Waals surface area contributed by atoms with E-state index in [2.05, 4.69) is 19.2 Å². The van der Waals surface area contributed by atoms with Crippen LogP contribution in [0, 0.1) is 10.1 Å². The van der Waals surface area contributed by atoms with Gasteiger partial charge in [0, 0.05) is 17.7 Å². The summed E-state index contributed by atoms with van der Waals surface area (Å²) >= 11 is 0. The first kappa shape index (κ1) is 15.6. The lowest BCUT2D eigenvalue weighted by Crippen LogP contribution is -2.28. The summed E-state index contributed by atoms with van der Waals surface area (Å²) in [5.74, 6) is 0. The molecule has 1 aromatic carbocycles. The molecule has 0 saturated carbocycles. The van der Waals surface area contributed by atoms with Crippen LogP contribution in [0.3, 0.4) is 0 Å². The van der Waals surface area contributed by atoms with Crippen molar-refractivity contribution in [2.75, 3.05) is 6.54 Å². The molecule has 0 aliphatic rings. The monoisotopic (exact) mass is 264 g/mol. The number of hydrogen-bond acceptors (Lipinski definition) is 3. The molecule has 0 saturated heterocycles. The lowest BCUT2D eigenvalue weighted by atomic mass is 10.1. The second kappa shape index (κ2) is 8.64. The number of nitrogens with one attached hydrogen (secondary N) is 1. The largest absolute Gasteiger partial charge is 0.314 e. The molecule has 0 aliphatic carbocycles. The minimum Gasteiger partial charge on any atom is -0.314 e. The van der Waals surface area contributed by atoms with Crippen LogP contribution in [0.15, 0.2) is 24.3 Å². The average molecular weight is 264 g/mol. The van der Waals surface area contributed by atoms with Gasteiger partial charge in [-0.05, 0) is 26.3 Å². The van der Waals surface area contributed by atoms with E-state index in [0.717, 1.165) is 12.1 Å². The topological polar surface area (TPSA) is 55.2 Å². The number of para-hydroxylation sites is 1. The zero-order valence-corrected chi connectivity index (χ0v) is 11.9. The summed E-state index contributed by atoms with van der Waals surface area (Å²) in [6, 6.07) is 7.45. The van der Waals surface area contributed by atoms with Crippen molar-refractivity contribution >= 4 is 5.69 Å². The van der Waals surface area contributed by atoms with E-state index in [0.29, 0.717) is 12.5 Å². The minimum absolute atomic E-state index is 0.225. The zero-order chi connectivity index (χ0) is 14.1. The van der Waals surface area contributed by atoms with E-state index in [9.17, 15) is 10.1 Å². The summed E-state index contributed by atoms with van der Waals surface area (Å²) in [4.78, 5) is 10.6. The van der Waals surface area contributed by atoms with Gasteiger partial charge in [0.05, 0.1) is 4.92 Å². The van der Waals surface area contributed by atoms with E-state index in [1.165, 1.54) is 25.7 Å². The maximum atomic E-state index is 10.9. The minimum atomic E-state index is -0.306. The summed E-state index contributed by atoms with van der Waals surface area (Å²) in [6.45, 7) is 5.17. The van der Waals surface area contributed by atoms with Crippen LogP contribution in [-0.2, 0) is 6.42 Å². The van der Waals surface area contributed by atoms with E-state index < -0.39 is 0 Å². The molecule has 1 atom stereocenters. The highest BCUT2D eigenvalue weighted by Gasteiger charge is 2.11. The van der Waals surface area contributed by atoms with Gasteiger partial charge in [0.2, 0.25) is 0 Å². The zero-order valence-electron chi connectivity index (χ0n) is 11.9. The van der Waals surface area contributed by atoms with Crippen LogP contribution in [-0.4, -0.2) is 17.5 Å². The average Bonchev–Trinajstić information content (AvgIpc) is 2.39. The molecule has 1 aromatic rings. The highest BCUT2D eigenvalue weighted by molar-refractivity contribution is 5.39. The molecule has 1 unspecified atom stereocenters. The molecule has 0 aliphatic heterocycles. The van der Waals surface area contributed by atoms with Gasteiger partial charge in [-0.15, -0.1) is 0 Å². The van der Waals surface area contributed by atoms with Gasteiger partial charge in [0.25, 0.3) is 5.69 Å². The van der Waals surface area contributed by atoms with Crippen LogP contribution in [0.25, 0.3) is 0 Å². The highest BCUT2D eigenvalue weighted by atomic mass is 16.6. The van der Waals surface area contributed by atoms with Crippen molar-refractivity contribution in [2.45, 2.75) is 52.0 Å². The Labute approximate surface area is 115 Å². The van der Waals surface area contributed by atoms with Gasteiger partial charge < -0.3 is 5.32 Å². The molecule has 19 heavy (non-hydrogen) atoms. The molecule has 4 nitrogen and oxygen atoms in total. The van der Waals surface area contributed by atoms with Crippen LogP contribution < -0.4 is 5.32 Å². The van der Waals surface area contributed by atoms with Crippen LogP contribution in [0.1, 0.15) is 45.1 Å². The Morgan fingerprint density at radius 2 is 2.05 bits per heavy atom. The Kier molecular flexibility index (Phi) is 7.11. The molecular weight excluding hydrogens is 240 g/mol. The number of rotatable bonds is 9. The third-order valence-corrected chi connectivity index (χ3v) is 3.32. The molecule has 0 bridgehead atoms. The molecule has 0 heterocycles. The molecular formula is C15H24N2O2. The first-order chi connectivity index (χ1) is 9.15. The van der Waals surface area contributed by atoms with Crippen molar-refractivity contribution in [3.8, 4) is 0 Å². The molecule has 4 heteroatoms. The van der Waals surface area contributed by atoms with Gasteiger partial charge in [0.1, 0.15) is 0 Å². The van der Waals surface area contributed by atoms with E-state index in [-0.39, 0.29) is 10.6 Å². The number of hydrogen-bond donors (Lipinski definition) is 1. The highest BCUT2D eigenvalue weighted by Crippen LogP contribution is 2.17. The summed E-state index contributed by atoms with van der Waals surface area (Å²) in [7, 11) is 0. The normalized spacial score (nSPS) is 12.3. The Balaban J connectivity index is 2.35. The molecule has 1 rings (SSSR count). The smallest absolute Gasteiger partial charge is 0.272 e. The van der Waals surface area contributed by atoms with E-state index in [1.807, 2.05) is 12.1 Å². The number of nitrogens with zero attached hydrogens (tertiary/aromatic N) is 1. The van der Waals surface area contributed by atoms with Crippen molar-refractivity contribution in [3.05, 3.63) is 39.9 Å². The Morgan fingerprint density at radius 3 is 2.74 bits per heavy atom. The fraction of sp³-hybridized carbons (Fsp3) is 0.600. The summed E-state index contributed by atoms with van der Waals surface area (Å²) in [5, 5.41) is 14.3. The van der Waals surface area contributed by atoms with Crippen LogP contribution in [0.5, 0.6) is 0 Å². The maximum Gasteiger partial charge on any atom is 0.272 e. The van der Waals surface area contributed by atoms with E-state index in [4.69, 9.17) is 0 Å². The number of benzene rings is 1.